The van der Waals surface area contributed by atoms with Gasteiger partial charge in [-0.1, -0.05) is 20.8 Å². The molecule has 2 rings (SSSR count). The molecule has 0 aliphatic heterocycles. The van der Waals surface area contributed by atoms with Gasteiger partial charge in [-0.3, -0.25) is 0 Å². The van der Waals surface area contributed by atoms with Gasteiger partial charge in [-0.25, -0.2) is 9.48 Å². The van der Waals surface area contributed by atoms with Gasteiger partial charge >= 0.3 is 5.97 Å². The summed E-state index contributed by atoms with van der Waals surface area (Å²) in [5, 5.41) is 4.37. The van der Waals surface area contributed by atoms with Crippen LogP contribution in [0.15, 0.2) is 0 Å². The lowest BCUT2D eigenvalue weighted by atomic mass is 9.86. The summed E-state index contributed by atoms with van der Waals surface area (Å²) in [5.74, 6) is 0.224. The van der Waals surface area contributed by atoms with Gasteiger partial charge in [0.05, 0.1) is 12.6 Å². The Labute approximate surface area is 107 Å². The Balaban J connectivity index is 2.49. The number of nitrogens with two attached hydrogens (primary N) is 1. The van der Waals surface area contributed by atoms with Crippen LogP contribution in [0.3, 0.4) is 0 Å². The molecule has 1 aromatic heterocycles. The van der Waals surface area contributed by atoms with Crippen LogP contribution in [0.25, 0.3) is 0 Å². The smallest absolute Gasteiger partial charge is 0.359 e. The summed E-state index contributed by atoms with van der Waals surface area (Å²) in [4.78, 5) is 12.0. The average molecular weight is 251 g/mol. The van der Waals surface area contributed by atoms with Gasteiger partial charge in [0.1, 0.15) is 5.82 Å². The van der Waals surface area contributed by atoms with Crippen molar-refractivity contribution in [3.63, 3.8) is 0 Å². The number of ether oxygens (including phenoxy) is 1. The highest BCUT2D eigenvalue weighted by atomic mass is 16.5. The zero-order valence-corrected chi connectivity index (χ0v) is 11.5. The first-order valence-corrected chi connectivity index (χ1v) is 6.41. The Morgan fingerprint density at radius 1 is 1.50 bits per heavy atom. The molecule has 1 aliphatic carbocycles. The third kappa shape index (κ3) is 2.21. The van der Waals surface area contributed by atoms with Crippen molar-refractivity contribution in [1.82, 2.24) is 9.78 Å². The molecule has 1 saturated carbocycles. The van der Waals surface area contributed by atoms with Gasteiger partial charge in [-0.2, -0.15) is 5.10 Å². The lowest BCUT2D eigenvalue weighted by Gasteiger charge is -2.19. The number of esters is 1. The summed E-state index contributed by atoms with van der Waals surface area (Å²) >= 11 is 0. The van der Waals surface area contributed by atoms with Crippen LogP contribution in [0.2, 0.25) is 0 Å². The molecule has 5 heteroatoms. The predicted octanol–water partition coefficient (Wildman–Crippen LogP) is 2.27. The van der Waals surface area contributed by atoms with Gasteiger partial charge in [0.25, 0.3) is 0 Å². The van der Waals surface area contributed by atoms with Gasteiger partial charge in [-0.15, -0.1) is 0 Å². The molecular weight excluding hydrogens is 230 g/mol. The van der Waals surface area contributed by atoms with E-state index >= 15 is 0 Å². The first kappa shape index (κ1) is 12.9. The number of rotatable bonds is 3. The minimum absolute atomic E-state index is 0.223. The van der Waals surface area contributed by atoms with E-state index in [4.69, 9.17) is 10.5 Å². The van der Waals surface area contributed by atoms with Crippen molar-refractivity contribution in [3.8, 4) is 0 Å². The van der Waals surface area contributed by atoms with Gasteiger partial charge in [0.15, 0.2) is 5.69 Å². The highest BCUT2D eigenvalue weighted by Gasteiger charge is 2.35. The van der Waals surface area contributed by atoms with E-state index in [1.165, 1.54) is 0 Å². The fourth-order valence-electron chi connectivity index (χ4n) is 2.13. The van der Waals surface area contributed by atoms with Crippen LogP contribution in [0.4, 0.5) is 5.82 Å². The van der Waals surface area contributed by atoms with Crippen LogP contribution in [0.5, 0.6) is 0 Å². The van der Waals surface area contributed by atoms with Crippen molar-refractivity contribution in [2.75, 3.05) is 12.3 Å². The number of hydrogen-bond donors (Lipinski definition) is 1. The number of carbonyl (C=O) groups excluding carboxylic acids is 1. The second-order valence-electron chi connectivity index (χ2n) is 5.76. The molecule has 1 aromatic rings. The topological polar surface area (TPSA) is 70.1 Å². The van der Waals surface area contributed by atoms with Crippen molar-refractivity contribution in [2.45, 2.75) is 52.0 Å². The number of nitrogens with zero attached hydrogens (tertiary/aromatic N) is 2. The Kier molecular flexibility index (Phi) is 3.09. The summed E-state index contributed by atoms with van der Waals surface area (Å²) in [7, 11) is 0. The number of hydrogen-bond acceptors (Lipinski definition) is 4. The van der Waals surface area contributed by atoms with Gasteiger partial charge in [0.2, 0.25) is 0 Å². The molecule has 0 amide bonds. The van der Waals surface area contributed by atoms with E-state index in [0.29, 0.717) is 24.2 Å². The normalized spacial score (nSPS) is 15.8. The highest BCUT2D eigenvalue weighted by Crippen LogP contribution is 2.40. The maximum atomic E-state index is 12.0. The van der Waals surface area contributed by atoms with E-state index in [-0.39, 0.29) is 11.4 Å². The molecule has 0 aromatic carbocycles. The van der Waals surface area contributed by atoms with Gasteiger partial charge in [-0.05, 0) is 25.2 Å². The van der Waals surface area contributed by atoms with Crippen LogP contribution in [-0.2, 0) is 10.2 Å². The first-order valence-electron chi connectivity index (χ1n) is 6.41. The molecule has 5 nitrogen and oxygen atoms in total. The zero-order valence-electron chi connectivity index (χ0n) is 11.5. The molecule has 2 N–H and O–H groups in total. The monoisotopic (exact) mass is 251 g/mol. The van der Waals surface area contributed by atoms with E-state index in [2.05, 4.69) is 5.10 Å². The largest absolute Gasteiger partial charge is 0.461 e. The molecule has 0 saturated heterocycles. The van der Waals surface area contributed by atoms with Crippen molar-refractivity contribution in [1.29, 1.82) is 0 Å². The maximum Gasteiger partial charge on any atom is 0.359 e. The lowest BCUT2D eigenvalue weighted by Crippen LogP contribution is -2.18. The molecule has 0 radical (unpaired) electrons. The summed E-state index contributed by atoms with van der Waals surface area (Å²) < 4.78 is 6.85. The number of carbonyl (C=O) groups is 1. The molecule has 1 heterocycles. The van der Waals surface area contributed by atoms with E-state index in [1.54, 1.807) is 11.6 Å². The predicted molar refractivity (Wildman–Crippen MR) is 69.6 cm³/mol. The van der Waals surface area contributed by atoms with Crippen molar-refractivity contribution < 1.29 is 9.53 Å². The van der Waals surface area contributed by atoms with Crippen LogP contribution in [0, 0.1) is 0 Å². The van der Waals surface area contributed by atoms with E-state index < -0.39 is 0 Å². The number of anilines is 1. The quantitative estimate of drug-likeness (QED) is 0.837. The van der Waals surface area contributed by atoms with E-state index in [0.717, 1.165) is 18.4 Å². The molecule has 0 bridgehead atoms. The van der Waals surface area contributed by atoms with Crippen LogP contribution in [0.1, 0.15) is 62.6 Å². The first-order chi connectivity index (χ1) is 8.36. The molecule has 0 unspecified atom stereocenters. The molecule has 18 heavy (non-hydrogen) atoms. The van der Waals surface area contributed by atoms with E-state index in [1.807, 2.05) is 20.8 Å². The van der Waals surface area contributed by atoms with Gasteiger partial charge in [0, 0.05) is 5.56 Å². The summed E-state index contributed by atoms with van der Waals surface area (Å²) in [6.07, 6.45) is 2.16. The molecule has 0 atom stereocenters. The van der Waals surface area contributed by atoms with E-state index in [9.17, 15) is 4.79 Å². The third-order valence-electron chi connectivity index (χ3n) is 3.06. The number of aromatic nitrogens is 2. The average Bonchev–Trinajstić information content (AvgIpc) is 3.01. The van der Waals surface area contributed by atoms with Crippen LogP contribution >= 0.6 is 0 Å². The molecule has 100 valence electrons. The molecule has 1 aliphatic rings. The fraction of sp³-hybridized carbons (Fsp3) is 0.692. The van der Waals surface area contributed by atoms with Crippen molar-refractivity contribution >= 4 is 11.8 Å². The zero-order chi connectivity index (χ0) is 13.5. The lowest BCUT2D eigenvalue weighted by molar-refractivity contribution is 0.0515. The van der Waals surface area contributed by atoms with Crippen LogP contribution in [-0.4, -0.2) is 22.4 Å². The minimum atomic E-state index is -0.381. The highest BCUT2D eigenvalue weighted by molar-refractivity contribution is 5.91. The Hall–Kier alpha value is -1.52. The van der Waals surface area contributed by atoms with Gasteiger partial charge < -0.3 is 10.5 Å². The van der Waals surface area contributed by atoms with Crippen molar-refractivity contribution in [3.05, 3.63) is 11.3 Å². The molecule has 0 spiro atoms. The standard InChI is InChI=1S/C13H21N3O2/c1-5-18-12(17)10-9(13(2,3)4)11(14)16(15-10)8-6-7-8/h8H,5-7,14H2,1-4H3. The second kappa shape index (κ2) is 4.30. The molecule has 1 fully saturated rings. The third-order valence-corrected chi connectivity index (χ3v) is 3.06. The SMILES string of the molecule is CCOC(=O)c1nn(C2CC2)c(N)c1C(C)(C)C. The van der Waals surface area contributed by atoms with Crippen molar-refractivity contribution in [2.24, 2.45) is 0 Å². The summed E-state index contributed by atoms with van der Waals surface area (Å²) in [6.45, 7) is 8.22. The summed E-state index contributed by atoms with van der Waals surface area (Å²) in [6, 6.07) is 0.356. The van der Waals surface area contributed by atoms with Crippen LogP contribution < -0.4 is 5.73 Å². The Morgan fingerprint density at radius 2 is 2.11 bits per heavy atom. The minimum Gasteiger partial charge on any atom is -0.461 e. The Morgan fingerprint density at radius 3 is 2.56 bits per heavy atom. The fourth-order valence-corrected chi connectivity index (χ4v) is 2.13. The summed E-state index contributed by atoms with van der Waals surface area (Å²) in [5.41, 5.74) is 7.10. The maximum absolute atomic E-state index is 12.0. The second-order valence-corrected chi connectivity index (χ2v) is 5.76. The Bertz CT molecular complexity index is 467. The number of nitrogen functional groups attached to an aromatic ring is 1. The molecular formula is C13H21N3O2.